The summed E-state index contributed by atoms with van der Waals surface area (Å²) in [4.78, 5) is 5.92. The molecule has 2 bridgehead atoms. The van der Waals surface area contributed by atoms with Gasteiger partial charge in [-0.1, -0.05) is 0 Å². The Bertz CT molecular complexity index is 443. The molecule has 3 atom stereocenters. The number of hydrogen-bond donors (Lipinski definition) is 1. The van der Waals surface area contributed by atoms with Crippen LogP contribution < -0.4 is 5.32 Å². The van der Waals surface area contributed by atoms with Crippen LogP contribution >= 0.6 is 0 Å². The van der Waals surface area contributed by atoms with Gasteiger partial charge in [0.2, 0.25) is 0 Å². The SMILES string of the molecule is FC(F)(F)c1ccc(NC2CCN3CCC2C3)cn1. The number of pyridine rings is 1. The molecule has 3 heterocycles. The van der Waals surface area contributed by atoms with Crippen molar-refractivity contribution in [3.63, 3.8) is 0 Å². The van der Waals surface area contributed by atoms with Crippen molar-refractivity contribution in [3.8, 4) is 0 Å². The van der Waals surface area contributed by atoms with Crippen LogP contribution in [-0.2, 0) is 6.18 Å². The zero-order chi connectivity index (χ0) is 13.5. The normalized spacial score (nSPS) is 30.4. The molecule has 0 aromatic carbocycles. The smallest absolute Gasteiger partial charge is 0.381 e. The molecule has 3 rings (SSSR count). The van der Waals surface area contributed by atoms with Crippen molar-refractivity contribution in [2.24, 2.45) is 5.92 Å². The molecule has 1 aromatic rings. The first-order valence-corrected chi connectivity index (χ1v) is 6.54. The molecule has 19 heavy (non-hydrogen) atoms. The molecular formula is C13H16F3N3. The van der Waals surface area contributed by atoms with E-state index in [4.69, 9.17) is 0 Å². The van der Waals surface area contributed by atoms with Crippen LogP contribution in [0.5, 0.6) is 0 Å². The fourth-order valence-corrected chi connectivity index (χ4v) is 3.00. The van der Waals surface area contributed by atoms with Crippen molar-refractivity contribution in [1.29, 1.82) is 0 Å². The minimum absolute atomic E-state index is 0.359. The van der Waals surface area contributed by atoms with E-state index >= 15 is 0 Å². The number of fused-ring (bicyclic) bond motifs is 2. The van der Waals surface area contributed by atoms with Crippen LogP contribution in [-0.4, -0.2) is 35.6 Å². The van der Waals surface area contributed by atoms with Gasteiger partial charge >= 0.3 is 6.18 Å². The first-order chi connectivity index (χ1) is 9.02. The van der Waals surface area contributed by atoms with E-state index in [9.17, 15) is 13.2 Å². The van der Waals surface area contributed by atoms with Gasteiger partial charge in [-0.25, -0.2) is 4.98 Å². The lowest BCUT2D eigenvalue weighted by atomic mass is 9.94. The topological polar surface area (TPSA) is 28.2 Å². The fourth-order valence-electron chi connectivity index (χ4n) is 3.00. The Morgan fingerprint density at radius 1 is 1.21 bits per heavy atom. The van der Waals surface area contributed by atoms with Gasteiger partial charge < -0.3 is 10.2 Å². The standard InChI is InChI=1S/C13H16F3N3/c14-13(15,16)12-2-1-10(7-17-12)18-11-4-6-19-5-3-9(11)8-19/h1-2,7,9,11,18H,3-6,8H2. The van der Waals surface area contributed by atoms with Gasteiger partial charge in [0.05, 0.1) is 11.9 Å². The summed E-state index contributed by atoms with van der Waals surface area (Å²) in [5.74, 6) is 0.607. The average molecular weight is 271 g/mol. The second-order valence-electron chi connectivity index (χ2n) is 5.32. The van der Waals surface area contributed by atoms with E-state index in [0.717, 1.165) is 32.1 Å². The lowest BCUT2D eigenvalue weighted by molar-refractivity contribution is -0.141. The molecule has 6 heteroatoms. The highest BCUT2D eigenvalue weighted by atomic mass is 19.4. The van der Waals surface area contributed by atoms with E-state index in [-0.39, 0.29) is 0 Å². The summed E-state index contributed by atoms with van der Waals surface area (Å²) in [5, 5.41) is 3.33. The molecular weight excluding hydrogens is 255 g/mol. The third-order valence-electron chi connectivity index (χ3n) is 4.04. The molecule has 0 aliphatic carbocycles. The Hall–Kier alpha value is -1.30. The fraction of sp³-hybridized carbons (Fsp3) is 0.615. The van der Waals surface area contributed by atoms with E-state index in [1.165, 1.54) is 18.7 Å². The first-order valence-electron chi connectivity index (χ1n) is 6.54. The lowest BCUT2D eigenvalue weighted by Crippen LogP contribution is -2.39. The summed E-state index contributed by atoms with van der Waals surface area (Å²) in [6.07, 6.45) is -0.864. The summed E-state index contributed by atoms with van der Waals surface area (Å²) in [6, 6.07) is 2.86. The summed E-state index contributed by atoms with van der Waals surface area (Å²) >= 11 is 0. The van der Waals surface area contributed by atoms with Crippen LogP contribution in [0.1, 0.15) is 18.5 Å². The summed E-state index contributed by atoms with van der Waals surface area (Å²) in [6.45, 7) is 3.32. The molecule has 1 aromatic heterocycles. The summed E-state index contributed by atoms with van der Waals surface area (Å²) in [5.41, 5.74) is -0.160. The third kappa shape index (κ3) is 2.68. The Morgan fingerprint density at radius 2 is 2.00 bits per heavy atom. The van der Waals surface area contributed by atoms with Crippen LogP contribution in [0.25, 0.3) is 0 Å². The summed E-state index contributed by atoms with van der Waals surface area (Å²) < 4.78 is 37.2. The van der Waals surface area contributed by atoms with Gasteiger partial charge in [-0.05, 0) is 37.4 Å². The second-order valence-corrected chi connectivity index (χ2v) is 5.32. The average Bonchev–Trinajstić information content (AvgIpc) is 2.75. The number of rotatable bonds is 2. The van der Waals surface area contributed by atoms with E-state index < -0.39 is 11.9 Å². The van der Waals surface area contributed by atoms with E-state index in [1.54, 1.807) is 0 Å². The molecule has 2 aliphatic heterocycles. The van der Waals surface area contributed by atoms with Crippen LogP contribution in [0.4, 0.5) is 18.9 Å². The molecule has 3 unspecified atom stereocenters. The van der Waals surface area contributed by atoms with Crippen LogP contribution in [0.15, 0.2) is 18.3 Å². The molecule has 3 nitrogen and oxygen atoms in total. The number of aromatic nitrogens is 1. The predicted octanol–water partition coefficient (Wildman–Crippen LogP) is 2.61. The Kier molecular flexibility index (Phi) is 3.12. The number of nitrogens with zero attached hydrogens (tertiary/aromatic N) is 2. The highest BCUT2D eigenvalue weighted by molar-refractivity contribution is 5.42. The zero-order valence-electron chi connectivity index (χ0n) is 10.5. The molecule has 104 valence electrons. The van der Waals surface area contributed by atoms with Gasteiger partial charge in [-0.15, -0.1) is 0 Å². The lowest BCUT2D eigenvalue weighted by Gasteiger charge is -2.31. The monoisotopic (exact) mass is 271 g/mol. The molecule has 0 amide bonds. The van der Waals surface area contributed by atoms with Gasteiger partial charge in [0.25, 0.3) is 0 Å². The maximum Gasteiger partial charge on any atom is 0.433 e. The number of halogens is 3. The van der Waals surface area contributed by atoms with E-state index in [2.05, 4.69) is 15.2 Å². The number of hydrogen-bond acceptors (Lipinski definition) is 3. The minimum atomic E-state index is -4.37. The Balaban J connectivity index is 1.67. The first kappa shape index (κ1) is 12.7. The molecule has 0 radical (unpaired) electrons. The highest BCUT2D eigenvalue weighted by Crippen LogP contribution is 2.31. The summed E-state index contributed by atoms with van der Waals surface area (Å²) in [7, 11) is 0. The van der Waals surface area contributed by atoms with Crippen LogP contribution in [0.3, 0.4) is 0 Å². The minimum Gasteiger partial charge on any atom is -0.381 e. The van der Waals surface area contributed by atoms with Gasteiger partial charge in [-0.3, -0.25) is 0 Å². The molecule has 2 saturated heterocycles. The number of nitrogens with one attached hydrogen (secondary N) is 1. The molecule has 1 N–H and O–H groups in total. The maximum atomic E-state index is 12.4. The second kappa shape index (κ2) is 4.67. The highest BCUT2D eigenvalue weighted by Gasteiger charge is 2.35. The maximum absolute atomic E-state index is 12.4. The number of anilines is 1. The van der Waals surface area contributed by atoms with Crippen molar-refractivity contribution < 1.29 is 13.2 Å². The third-order valence-corrected chi connectivity index (χ3v) is 4.04. The van der Waals surface area contributed by atoms with Crippen molar-refractivity contribution in [3.05, 3.63) is 24.0 Å². The van der Waals surface area contributed by atoms with Gasteiger partial charge in [0, 0.05) is 19.1 Å². The number of piperidine rings is 1. The molecule has 2 fully saturated rings. The van der Waals surface area contributed by atoms with Crippen molar-refractivity contribution in [2.75, 3.05) is 25.0 Å². The van der Waals surface area contributed by atoms with Crippen molar-refractivity contribution in [2.45, 2.75) is 25.1 Å². The predicted molar refractivity (Wildman–Crippen MR) is 65.8 cm³/mol. The zero-order valence-corrected chi connectivity index (χ0v) is 10.5. The number of alkyl halides is 3. The van der Waals surface area contributed by atoms with Crippen molar-refractivity contribution in [1.82, 2.24) is 9.88 Å². The van der Waals surface area contributed by atoms with Gasteiger partial charge in [0.1, 0.15) is 5.69 Å². The molecule has 2 aliphatic rings. The van der Waals surface area contributed by atoms with E-state index in [1.807, 2.05) is 0 Å². The molecule has 0 saturated carbocycles. The van der Waals surface area contributed by atoms with Gasteiger partial charge in [0.15, 0.2) is 0 Å². The van der Waals surface area contributed by atoms with Crippen LogP contribution in [0, 0.1) is 5.92 Å². The van der Waals surface area contributed by atoms with Gasteiger partial charge in [-0.2, -0.15) is 13.2 Å². The van der Waals surface area contributed by atoms with E-state index in [0.29, 0.717) is 17.6 Å². The quantitative estimate of drug-likeness (QED) is 0.896. The van der Waals surface area contributed by atoms with Crippen LogP contribution in [0.2, 0.25) is 0 Å². The largest absolute Gasteiger partial charge is 0.433 e. The Morgan fingerprint density at radius 3 is 2.68 bits per heavy atom. The Labute approximate surface area is 109 Å². The van der Waals surface area contributed by atoms with Crippen molar-refractivity contribution >= 4 is 5.69 Å². The molecule has 0 spiro atoms.